The van der Waals surface area contributed by atoms with E-state index in [0.29, 0.717) is 0 Å². The summed E-state index contributed by atoms with van der Waals surface area (Å²) in [6.45, 7) is 6.10. The highest BCUT2D eigenvalue weighted by Crippen LogP contribution is 2.25. The predicted octanol–water partition coefficient (Wildman–Crippen LogP) is 7.44. The third kappa shape index (κ3) is 5.30. The number of carbonyl (C=O) groups is 2. The van der Waals surface area contributed by atoms with E-state index in [1.165, 1.54) is 0 Å². The van der Waals surface area contributed by atoms with E-state index in [1.807, 2.05) is 56.3 Å². The fourth-order valence-electron chi connectivity index (χ4n) is 3.77. The van der Waals surface area contributed by atoms with Crippen molar-refractivity contribution in [2.45, 2.75) is 40.0 Å². The molecule has 4 nitrogen and oxygen atoms in total. The Morgan fingerprint density at radius 3 is 2.03 bits per heavy atom. The number of pyridine rings is 2. The Morgan fingerprint density at radius 1 is 0.844 bits per heavy atom. The predicted molar refractivity (Wildman–Crippen MR) is 138 cm³/mol. The fourth-order valence-corrected chi connectivity index (χ4v) is 4.49. The minimum Gasteiger partial charge on any atom is -0.298 e. The summed E-state index contributed by atoms with van der Waals surface area (Å²) in [5.41, 5.74) is 6.22. The van der Waals surface area contributed by atoms with E-state index in [0.717, 1.165) is 90.7 Å². The van der Waals surface area contributed by atoms with Crippen molar-refractivity contribution >= 4 is 66.2 Å². The van der Waals surface area contributed by atoms with Crippen LogP contribution in [0.4, 0.5) is 0 Å². The second-order valence-corrected chi connectivity index (χ2v) is 9.29. The molecule has 0 aliphatic heterocycles. The number of halogens is 2. The van der Waals surface area contributed by atoms with Crippen LogP contribution < -0.4 is 0 Å². The smallest absolute Gasteiger partial charge is 0.151 e. The summed E-state index contributed by atoms with van der Waals surface area (Å²) in [5.74, 6) is 0. The molecule has 4 rings (SSSR count). The van der Waals surface area contributed by atoms with Crippen molar-refractivity contribution in [3.05, 3.63) is 79.5 Å². The van der Waals surface area contributed by atoms with Crippen LogP contribution in [0.15, 0.2) is 51.4 Å². The lowest BCUT2D eigenvalue weighted by Crippen LogP contribution is -1.99. The number of fused-ring (bicyclic) bond motifs is 2. The molecular formula is C26H24Br2N2O2. The second-order valence-electron chi connectivity index (χ2n) is 7.45. The Labute approximate surface area is 204 Å². The molecule has 0 saturated carbocycles. The van der Waals surface area contributed by atoms with Crippen LogP contribution in [0.3, 0.4) is 0 Å². The monoisotopic (exact) mass is 554 g/mol. The van der Waals surface area contributed by atoms with Gasteiger partial charge in [-0.3, -0.25) is 19.6 Å². The quantitative estimate of drug-likeness (QED) is 0.240. The van der Waals surface area contributed by atoms with E-state index in [9.17, 15) is 9.59 Å². The minimum atomic E-state index is 0.717. The third-order valence-electron chi connectivity index (χ3n) is 5.26. The average Bonchev–Trinajstić information content (AvgIpc) is 2.78. The molecule has 0 unspecified atom stereocenters. The molecule has 0 N–H and O–H groups in total. The van der Waals surface area contributed by atoms with Crippen molar-refractivity contribution < 1.29 is 9.59 Å². The number of hydrogen-bond acceptors (Lipinski definition) is 4. The largest absolute Gasteiger partial charge is 0.298 e. The van der Waals surface area contributed by atoms with Gasteiger partial charge in [-0.2, -0.15) is 0 Å². The lowest BCUT2D eigenvalue weighted by Gasteiger charge is -2.09. The summed E-state index contributed by atoms with van der Waals surface area (Å²) in [6.07, 6.45) is 4.60. The van der Waals surface area contributed by atoms with Crippen LogP contribution >= 0.6 is 31.9 Å². The van der Waals surface area contributed by atoms with Crippen LogP contribution in [-0.4, -0.2) is 22.5 Å². The number of benzene rings is 2. The van der Waals surface area contributed by atoms with Crippen molar-refractivity contribution in [3.8, 4) is 0 Å². The second kappa shape index (κ2) is 10.9. The maximum atomic E-state index is 11.2. The molecule has 6 heteroatoms. The Morgan fingerprint density at radius 2 is 1.47 bits per heavy atom. The molecule has 0 saturated heterocycles. The lowest BCUT2D eigenvalue weighted by molar-refractivity contribution is 0.111. The average molecular weight is 556 g/mol. The lowest BCUT2D eigenvalue weighted by atomic mass is 10.00. The molecule has 0 amide bonds. The van der Waals surface area contributed by atoms with E-state index in [2.05, 4.69) is 48.8 Å². The van der Waals surface area contributed by atoms with Gasteiger partial charge in [0.2, 0.25) is 0 Å². The highest BCUT2D eigenvalue weighted by Gasteiger charge is 2.10. The van der Waals surface area contributed by atoms with Gasteiger partial charge in [0, 0.05) is 42.2 Å². The fraction of sp³-hybridized carbons (Fsp3) is 0.231. The number of carbonyl (C=O) groups excluding carboxylic acids is 2. The Balaban J connectivity index is 0.000000181. The molecule has 2 aromatic heterocycles. The summed E-state index contributed by atoms with van der Waals surface area (Å²) in [5, 5.41) is 1.83. The highest BCUT2D eigenvalue weighted by atomic mass is 79.9. The Hall–Kier alpha value is -2.44. The van der Waals surface area contributed by atoms with E-state index >= 15 is 0 Å². The van der Waals surface area contributed by atoms with Gasteiger partial charge in [-0.25, -0.2) is 0 Å². The zero-order valence-corrected chi connectivity index (χ0v) is 21.5. The first-order valence-corrected chi connectivity index (χ1v) is 12.1. The van der Waals surface area contributed by atoms with Crippen LogP contribution in [0, 0.1) is 6.92 Å². The van der Waals surface area contributed by atoms with Crippen LogP contribution in [0.2, 0.25) is 0 Å². The summed E-state index contributed by atoms with van der Waals surface area (Å²) in [7, 11) is 0. The summed E-state index contributed by atoms with van der Waals surface area (Å²) in [4.78, 5) is 31.3. The molecule has 0 aliphatic carbocycles. The third-order valence-corrected chi connectivity index (χ3v) is 6.25. The molecule has 0 radical (unpaired) electrons. The number of nitrogens with zero attached hydrogens (tertiary/aromatic N) is 2. The van der Waals surface area contributed by atoms with E-state index in [4.69, 9.17) is 0 Å². The van der Waals surface area contributed by atoms with Gasteiger partial charge in [-0.15, -0.1) is 0 Å². The SMILES string of the molecule is CCCc1cc(C=O)c2cc(Br)ccc2n1.CCc1c(C)nc2ccc(Br)cc2c1C=O. The molecule has 32 heavy (non-hydrogen) atoms. The number of rotatable bonds is 5. The Kier molecular flexibility index (Phi) is 8.26. The van der Waals surface area contributed by atoms with Gasteiger partial charge >= 0.3 is 0 Å². The summed E-state index contributed by atoms with van der Waals surface area (Å²) < 4.78 is 1.93. The molecule has 2 heterocycles. The van der Waals surface area contributed by atoms with Gasteiger partial charge < -0.3 is 0 Å². The highest BCUT2D eigenvalue weighted by molar-refractivity contribution is 9.10. The molecule has 0 fully saturated rings. The first-order valence-electron chi connectivity index (χ1n) is 10.5. The van der Waals surface area contributed by atoms with Gasteiger partial charge in [-0.1, -0.05) is 52.1 Å². The number of aldehydes is 2. The van der Waals surface area contributed by atoms with Crippen LogP contribution in [-0.2, 0) is 12.8 Å². The van der Waals surface area contributed by atoms with Crippen molar-refractivity contribution in [1.29, 1.82) is 0 Å². The topological polar surface area (TPSA) is 59.9 Å². The van der Waals surface area contributed by atoms with Gasteiger partial charge in [0.25, 0.3) is 0 Å². The minimum absolute atomic E-state index is 0.717. The maximum absolute atomic E-state index is 11.2. The number of aromatic nitrogens is 2. The zero-order valence-electron chi connectivity index (χ0n) is 18.3. The molecule has 0 spiro atoms. The van der Waals surface area contributed by atoms with Crippen molar-refractivity contribution in [1.82, 2.24) is 9.97 Å². The molecule has 2 aromatic carbocycles. The van der Waals surface area contributed by atoms with Crippen molar-refractivity contribution in [3.63, 3.8) is 0 Å². The molecule has 0 bridgehead atoms. The van der Waals surface area contributed by atoms with Crippen LogP contribution in [0.1, 0.15) is 57.9 Å². The molecule has 164 valence electrons. The van der Waals surface area contributed by atoms with Gasteiger partial charge in [-0.05, 0) is 67.8 Å². The zero-order chi connectivity index (χ0) is 23.3. The maximum Gasteiger partial charge on any atom is 0.151 e. The molecule has 0 atom stereocenters. The van der Waals surface area contributed by atoms with Crippen molar-refractivity contribution in [2.75, 3.05) is 0 Å². The number of aryl methyl sites for hydroxylation is 2. The normalized spacial score (nSPS) is 10.7. The van der Waals surface area contributed by atoms with E-state index in [-0.39, 0.29) is 0 Å². The van der Waals surface area contributed by atoms with Gasteiger partial charge in [0.1, 0.15) is 0 Å². The first-order chi connectivity index (χ1) is 15.4. The van der Waals surface area contributed by atoms with Gasteiger partial charge in [0.05, 0.1) is 11.0 Å². The van der Waals surface area contributed by atoms with Crippen molar-refractivity contribution in [2.24, 2.45) is 0 Å². The molecule has 0 aliphatic rings. The van der Waals surface area contributed by atoms with E-state index < -0.39 is 0 Å². The first kappa shape index (κ1) is 24.2. The summed E-state index contributed by atoms with van der Waals surface area (Å²) in [6, 6.07) is 13.5. The standard InChI is InChI=1S/2C13H12BrNO/c1-3-10-8(2)15-13-5-4-9(14)6-11(13)12(10)7-16;1-2-3-11-6-9(8-16)12-7-10(14)4-5-13(12)15-11/h4-7H,3H2,1-2H3;4-8H,2-3H2,1H3. The van der Waals surface area contributed by atoms with Crippen LogP contribution in [0.5, 0.6) is 0 Å². The Bertz CT molecular complexity index is 1300. The van der Waals surface area contributed by atoms with Crippen LogP contribution in [0.25, 0.3) is 21.8 Å². The molecule has 4 aromatic rings. The summed E-state index contributed by atoms with van der Waals surface area (Å²) >= 11 is 6.82. The van der Waals surface area contributed by atoms with Gasteiger partial charge in [0.15, 0.2) is 12.6 Å². The van der Waals surface area contributed by atoms with E-state index in [1.54, 1.807) is 0 Å². The number of hydrogen-bond donors (Lipinski definition) is 0. The molecular weight excluding hydrogens is 532 g/mol.